The third kappa shape index (κ3) is 14.6. The third-order valence-corrected chi connectivity index (χ3v) is 2.68. The van der Waals surface area contributed by atoms with Crippen molar-refractivity contribution in [3.05, 3.63) is 83.3 Å². The van der Waals surface area contributed by atoms with Crippen LogP contribution in [0.3, 0.4) is 0 Å². The summed E-state index contributed by atoms with van der Waals surface area (Å²) >= 11 is -0.472. The van der Waals surface area contributed by atoms with Gasteiger partial charge in [-0.1, -0.05) is 48.5 Å². The molecule has 0 aromatic heterocycles. The second-order valence-electron chi connectivity index (χ2n) is 4.68. The van der Waals surface area contributed by atoms with E-state index in [0.29, 0.717) is 11.4 Å². The van der Waals surface area contributed by atoms with Crippen LogP contribution in [-0.2, 0) is 26.1 Å². The third-order valence-electron chi connectivity index (χ3n) is 2.68. The Balaban J connectivity index is 0.000000438. The van der Waals surface area contributed by atoms with E-state index in [1.165, 1.54) is 12.2 Å². The number of hydrogen-bond acceptors (Lipinski definition) is 2. The Labute approximate surface area is 173 Å². The first kappa shape index (κ1) is 24.7. The van der Waals surface area contributed by atoms with Crippen LogP contribution >= 0.6 is 18.8 Å². The van der Waals surface area contributed by atoms with Crippen molar-refractivity contribution in [2.24, 2.45) is 0 Å². The molecule has 9 heteroatoms. The first-order valence-electron chi connectivity index (χ1n) is 7.11. The van der Waals surface area contributed by atoms with Gasteiger partial charge in [0.05, 0.1) is 12.2 Å². The number of rotatable bonds is 4. The van der Waals surface area contributed by atoms with Crippen LogP contribution in [0.1, 0.15) is 11.1 Å². The van der Waals surface area contributed by atoms with E-state index in [1.807, 2.05) is 0 Å². The molecule has 0 amide bonds. The van der Waals surface area contributed by atoms with Crippen molar-refractivity contribution in [3.63, 3.8) is 0 Å². The molecular weight excluding hydrogens is 574 g/mol. The van der Waals surface area contributed by atoms with Gasteiger partial charge in [-0.3, -0.25) is 0 Å². The van der Waals surface area contributed by atoms with Crippen LogP contribution in [0.4, 0.5) is 11.4 Å². The SMILES string of the molecule is [Cl][Pt+2][Cl].[NH-]c1ccc(C=CC(=O)[OH2+])cc1.[NH-]c1ccc(C=CC(=O)[OH2+])cc1. The Bertz CT molecular complexity index is 698. The van der Waals surface area contributed by atoms with Gasteiger partial charge < -0.3 is 21.7 Å². The summed E-state index contributed by atoms with van der Waals surface area (Å²) in [6, 6.07) is 13.4. The molecule has 2 rings (SSSR count). The Hall–Kier alpha value is -2.27. The molecule has 0 atom stereocenters. The van der Waals surface area contributed by atoms with Crippen molar-refractivity contribution in [1.29, 1.82) is 0 Å². The molecule has 0 heterocycles. The Kier molecular flexibility index (Phi) is 13.6. The predicted octanol–water partition coefficient (Wildman–Crippen LogP) is 4.65. The molecule has 0 unspecified atom stereocenters. The van der Waals surface area contributed by atoms with E-state index in [9.17, 15) is 9.59 Å². The van der Waals surface area contributed by atoms with Gasteiger partial charge in [0, 0.05) is 9.59 Å². The van der Waals surface area contributed by atoms with Crippen molar-refractivity contribution in [1.82, 2.24) is 0 Å². The zero-order valence-electron chi connectivity index (χ0n) is 13.8. The predicted molar refractivity (Wildman–Crippen MR) is 108 cm³/mol. The quantitative estimate of drug-likeness (QED) is 0.379. The fourth-order valence-electron chi connectivity index (χ4n) is 1.53. The molecule has 0 spiro atoms. The second-order valence-corrected chi connectivity index (χ2v) is 7.97. The van der Waals surface area contributed by atoms with Gasteiger partial charge in [-0.25, -0.2) is 0 Å². The van der Waals surface area contributed by atoms with Gasteiger partial charge in [0.25, 0.3) is 0 Å². The van der Waals surface area contributed by atoms with E-state index >= 15 is 0 Å². The average Bonchev–Trinajstić information content (AvgIpc) is 2.62. The number of nitrogens with one attached hydrogen (secondary N) is 2. The molecule has 0 aliphatic rings. The summed E-state index contributed by atoms with van der Waals surface area (Å²) in [7, 11) is 9.75. The molecule has 0 saturated carbocycles. The Morgan fingerprint density at radius 2 is 1.00 bits per heavy atom. The van der Waals surface area contributed by atoms with Crippen LogP contribution < -0.4 is 0 Å². The summed E-state index contributed by atoms with van der Waals surface area (Å²) in [4.78, 5) is 20.5. The van der Waals surface area contributed by atoms with Gasteiger partial charge in [0.2, 0.25) is 0 Å². The molecule has 0 bridgehead atoms. The monoisotopic (exact) mass is 591 g/mol. The van der Waals surface area contributed by atoms with Crippen LogP contribution in [0.25, 0.3) is 23.6 Å². The van der Waals surface area contributed by atoms with Crippen molar-refractivity contribution >= 4 is 54.3 Å². The Morgan fingerprint density at radius 3 is 1.22 bits per heavy atom. The van der Waals surface area contributed by atoms with Crippen LogP contribution in [0.2, 0.25) is 0 Å². The summed E-state index contributed by atoms with van der Waals surface area (Å²) in [5, 5.41) is 13.2. The van der Waals surface area contributed by atoms with Crippen LogP contribution in [0.5, 0.6) is 0 Å². The molecule has 0 aliphatic heterocycles. The Morgan fingerprint density at radius 1 is 0.741 bits per heavy atom. The average molecular weight is 592 g/mol. The van der Waals surface area contributed by atoms with Gasteiger partial charge in [-0.2, -0.15) is 0 Å². The van der Waals surface area contributed by atoms with Gasteiger partial charge in [-0.15, -0.1) is 11.4 Å². The van der Waals surface area contributed by atoms with Crippen molar-refractivity contribution in [2.75, 3.05) is 0 Å². The fraction of sp³-hybridized carbons (Fsp3) is 0. The normalized spacial score (nSPS) is 10.0. The summed E-state index contributed by atoms with van der Waals surface area (Å²) < 4.78 is 0. The van der Waals surface area contributed by atoms with Gasteiger partial charge in [-0.05, 0) is 23.3 Å². The van der Waals surface area contributed by atoms with Gasteiger partial charge in [0.15, 0.2) is 0 Å². The minimum atomic E-state index is -0.718. The van der Waals surface area contributed by atoms with Crippen molar-refractivity contribution in [2.45, 2.75) is 0 Å². The molecule has 27 heavy (non-hydrogen) atoms. The number of hydrogen-bond donors (Lipinski definition) is 0. The molecule has 2 aromatic rings. The fourth-order valence-corrected chi connectivity index (χ4v) is 1.53. The second kappa shape index (κ2) is 14.9. The number of benzene rings is 2. The molecule has 146 valence electrons. The molecule has 0 fully saturated rings. The topological polar surface area (TPSA) is 128 Å². The van der Waals surface area contributed by atoms with E-state index in [-0.39, 0.29) is 0 Å². The van der Waals surface area contributed by atoms with Crippen LogP contribution in [0.15, 0.2) is 60.7 Å². The number of carbonyl (C=O) groups is 2. The van der Waals surface area contributed by atoms with Crippen molar-refractivity contribution < 1.29 is 36.3 Å². The maximum absolute atomic E-state index is 10.2. The minimum Gasteiger partial charge on any atom is -0.699 e. The summed E-state index contributed by atoms with van der Waals surface area (Å²) in [6.45, 7) is 0. The van der Waals surface area contributed by atoms with E-state index in [0.717, 1.165) is 11.1 Å². The maximum atomic E-state index is 10.2. The molecule has 6 N–H and O–H groups in total. The van der Waals surface area contributed by atoms with E-state index < -0.39 is 28.4 Å². The van der Waals surface area contributed by atoms with E-state index in [4.69, 9.17) is 40.5 Å². The summed E-state index contributed by atoms with van der Waals surface area (Å²) in [6.07, 6.45) is 5.46. The first-order chi connectivity index (χ1) is 12.8. The molecule has 0 saturated heterocycles. The largest absolute Gasteiger partial charge is 0.699 e. The first-order valence-corrected chi connectivity index (χ1v) is 12.7. The zero-order valence-corrected chi connectivity index (χ0v) is 17.6. The van der Waals surface area contributed by atoms with Gasteiger partial charge >= 0.3 is 47.3 Å². The van der Waals surface area contributed by atoms with E-state index in [2.05, 4.69) is 0 Å². The van der Waals surface area contributed by atoms with Crippen LogP contribution in [-0.4, -0.2) is 22.2 Å². The molecule has 2 aromatic carbocycles. The zero-order chi connectivity index (χ0) is 20.7. The number of carbonyl (C=O) groups excluding carboxylic acids is 2. The molecule has 0 radical (unpaired) electrons. The van der Waals surface area contributed by atoms with Crippen molar-refractivity contribution in [3.8, 4) is 0 Å². The summed E-state index contributed by atoms with van der Waals surface area (Å²) in [5.41, 5.74) is 16.9. The van der Waals surface area contributed by atoms with Crippen LogP contribution in [0, 0.1) is 0 Å². The van der Waals surface area contributed by atoms with Gasteiger partial charge in [0.1, 0.15) is 0 Å². The molecular formula is C18H18Cl2N2O4Pt+2. The maximum Gasteiger partial charge on any atom is 0.541 e. The van der Waals surface area contributed by atoms with E-state index in [1.54, 1.807) is 60.7 Å². The number of halogens is 2. The smallest absolute Gasteiger partial charge is 0.541 e. The molecule has 0 aliphatic carbocycles. The standard InChI is InChI=1S/2C9H8NO2.2ClH.Pt/c2*10-8-4-1-7(2-5-8)3-6-9(11)12;;;/h2*1-6,10H,(H,11,12);2*1H;/q2*-1;;;+4. The minimum absolute atomic E-state index is 0.435. The molecule has 6 nitrogen and oxygen atoms in total. The summed E-state index contributed by atoms with van der Waals surface area (Å²) in [5.74, 6) is -1.44.